The fourth-order valence-electron chi connectivity index (χ4n) is 3.17. The average molecular weight is 261 g/mol. The lowest BCUT2D eigenvalue weighted by atomic mass is 9.72. The molecule has 0 amide bonds. The quantitative estimate of drug-likeness (QED) is 0.900. The molecule has 1 aromatic rings. The zero-order chi connectivity index (χ0) is 13.9. The summed E-state index contributed by atoms with van der Waals surface area (Å²) in [5.74, 6) is 0. The lowest BCUT2D eigenvalue weighted by Crippen LogP contribution is -2.51. The van der Waals surface area contributed by atoms with Crippen LogP contribution < -0.4 is 0 Å². The van der Waals surface area contributed by atoms with Crippen LogP contribution >= 0.6 is 0 Å². The van der Waals surface area contributed by atoms with Gasteiger partial charge >= 0.3 is 0 Å². The molecule has 2 unspecified atom stereocenters. The van der Waals surface area contributed by atoms with Gasteiger partial charge in [-0.25, -0.2) is 0 Å². The van der Waals surface area contributed by atoms with Gasteiger partial charge in [-0.1, -0.05) is 50.6 Å². The molecule has 0 aromatic heterocycles. The molecule has 1 aliphatic rings. The van der Waals surface area contributed by atoms with Crippen LogP contribution in [0.5, 0.6) is 0 Å². The van der Waals surface area contributed by atoms with Gasteiger partial charge in [-0.3, -0.25) is 0 Å². The van der Waals surface area contributed by atoms with Crippen LogP contribution in [-0.4, -0.2) is 35.7 Å². The molecule has 0 heterocycles. The van der Waals surface area contributed by atoms with Crippen LogP contribution in [0.2, 0.25) is 0 Å². The van der Waals surface area contributed by atoms with Crippen molar-refractivity contribution in [2.24, 2.45) is 5.41 Å². The van der Waals surface area contributed by atoms with Crippen LogP contribution in [-0.2, 0) is 6.42 Å². The molecule has 0 bridgehead atoms. The standard InChI is InChI=1S/C17H27NO/c1-17(2)12-7-10-15(16(17)19)18(3)13-11-14-8-5-4-6-9-14/h4-6,8-9,15-16,19H,7,10-13H2,1-3H3. The van der Waals surface area contributed by atoms with Crippen molar-refractivity contribution in [2.45, 2.75) is 51.7 Å². The summed E-state index contributed by atoms with van der Waals surface area (Å²) in [5, 5.41) is 10.5. The summed E-state index contributed by atoms with van der Waals surface area (Å²) in [6, 6.07) is 10.9. The van der Waals surface area contributed by atoms with Crippen molar-refractivity contribution in [1.29, 1.82) is 0 Å². The van der Waals surface area contributed by atoms with Gasteiger partial charge in [0.2, 0.25) is 0 Å². The van der Waals surface area contributed by atoms with E-state index < -0.39 is 0 Å². The summed E-state index contributed by atoms with van der Waals surface area (Å²) in [5.41, 5.74) is 1.43. The summed E-state index contributed by atoms with van der Waals surface area (Å²) in [7, 11) is 2.15. The SMILES string of the molecule is CN(CCc1ccccc1)C1CCCC(C)(C)C1O. The van der Waals surface area contributed by atoms with Crippen molar-refractivity contribution in [3.05, 3.63) is 35.9 Å². The number of likely N-dealkylation sites (N-methyl/N-ethyl adjacent to an activating group) is 1. The first-order valence-corrected chi connectivity index (χ1v) is 7.43. The minimum atomic E-state index is -0.206. The highest BCUT2D eigenvalue weighted by atomic mass is 16.3. The fraction of sp³-hybridized carbons (Fsp3) is 0.647. The Morgan fingerprint density at radius 3 is 2.63 bits per heavy atom. The van der Waals surface area contributed by atoms with Crippen molar-refractivity contribution < 1.29 is 5.11 Å². The summed E-state index contributed by atoms with van der Waals surface area (Å²) in [6.45, 7) is 5.39. The van der Waals surface area contributed by atoms with E-state index in [2.05, 4.69) is 56.1 Å². The minimum absolute atomic E-state index is 0.0594. The maximum absolute atomic E-state index is 10.5. The van der Waals surface area contributed by atoms with E-state index in [1.807, 2.05) is 0 Å². The maximum atomic E-state index is 10.5. The van der Waals surface area contributed by atoms with Crippen molar-refractivity contribution in [2.75, 3.05) is 13.6 Å². The van der Waals surface area contributed by atoms with Crippen LogP contribution in [0.3, 0.4) is 0 Å². The summed E-state index contributed by atoms with van der Waals surface area (Å²) in [6.07, 6.45) is 4.33. The van der Waals surface area contributed by atoms with Crippen molar-refractivity contribution >= 4 is 0 Å². The smallest absolute Gasteiger partial charge is 0.0746 e. The van der Waals surface area contributed by atoms with Gasteiger partial charge in [0.05, 0.1) is 6.10 Å². The number of nitrogens with zero attached hydrogens (tertiary/aromatic N) is 1. The molecule has 0 saturated heterocycles. The molecular formula is C17H27NO. The van der Waals surface area contributed by atoms with Crippen LogP contribution in [0.1, 0.15) is 38.7 Å². The van der Waals surface area contributed by atoms with Crippen LogP contribution in [0.4, 0.5) is 0 Å². The van der Waals surface area contributed by atoms with Gasteiger partial charge in [-0.05, 0) is 37.3 Å². The molecule has 2 nitrogen and oxygen atoms in total. The molecule has 19 heavy (non-hydrogen) atoms. The molecule has 1 saturated carbocycles. The molecule has 2 rings (SSSR count). The van der Waals surface area contributed by atoms with Gasteiger partial charge in [-0.15, -0.1) is 0 Å². The van der Waals surface area contributed by atoms with Crippen molar-refractivity contribution in [3.8, 4) is 0 Å². The molecule has 1 aliphatic carbocycles. The lowest BCUT2D eigenvalue weighted by molar-refractivity contribution is -0.0499. The van der Waals surface area contributed by atoms with Gasteiger partial charge < -0.3 is 10.0 Å². The normalized spacial score (nSPS) is 26.6. The molecule has 2 atom stereocenters. The zero-order valence-corrected chi connectivity index (χ0v) is 12.5. The number of rotatable bonds is 4. The first kappa shape index (κ1) is 14.5. The minimum Gasteiger partial charge on any atom is -0.391 e. The van der Waals surface area contributed by atoms with E-state index in [0.29, 0.717) is 6.04 Å². The first-order valence-electron chi connectivity index (χ1n) is 7.43. The number of hydrogen-bond donors (Lipinski definition) is 1. The topological polar surface area (TPSA) is 23.5 Å². The molecule has 2 heteroatoms. The number of hydrogen-bond acceptors (Lipinski definition) is 2. The molecular weight excluding hydrogens is 234 g/mol. The highest BCUT2D eigenvalue weighted by Crippen LogP contribution is 2.37. The van der Waals surface area contributed by atoms with Gasteiger partial charge in [0.1, 0.15) is 0 Å². The maximum Gasteiger partial charge on any atom is 0.0746 e. The molecule has 106 valence electrons. The lowest BCUT2D eigenvalue weighted by Gasteiger charge is -2.44. The molecule has 0 spiro atoms. The van der Waals surface area contributed by atoms with E-state index in [4.69, 9.17) is 0 Å². The Hall–Kier alpha value is -0.860. The third kappa shape index (κ3) is 3.58. The van der Waals surface area contributed by atoms with Crippen molar-refractivity contribution in [1.82, 2.24) is 4.90 Å². The van der Waals surface area contributed by atoms with Crippen molar-refractivity contribution in [3.63, 3.8) is 0 Å². The zero-order valence-electron chi connectivity index (χ0n) is 12.5. The molecule has 1 N–H and O–H groups in total. The third-order valence-electron chi connectivity index (χ3n) is 4.65. The Balaban J connectivity index is 1.91. The average Bonchev–Trinajstić information content (AvgIpc) is 2.40. The van der Waals surface area contributed by atoms with E-state index >= 15 is 0 Å². The van der Waals surface area contributed by atoms with E-state index in [0.717, 1.165) is 25.8 Å². The highest BCUT2D eigenvalue weighted by Gasteiger charge is 2.39. The molecule has 0 radical (unpaired) electrons. The Kier molecular flexibility index (Phi) is 4.64. The molecule has 1 aromatic carbocycles. The predicted octanol–water partition coefficient (Wildman–Crippen LogP) is 3.10. The Bertz CT molecular complexity index is 388. The fourth-order valence-corrected chi connectivity index (χ4v) is 3.17. The van der Waals surface area contributed by atoms with E-state index in [9.17, 15) is 5.11 Å². The number of aliphatic hydroxyl groups is 1. The largest absolute Gasteiger partial charge is 0.391 e. The van der Waals surface area contributed by atoms with Gasteiger partial charge in [0.15, 0.2) is 0 Å². The van der Waals surface area contributed by atoms with E-state index in [1.54, 1.807) is 0 Å². The number of aliphatic hydroxyl groups excluding tert-OH is 1. The summed E-state index contributed by atoms with van der Waals surface area (Å²) >= 11 is 0. The number of benzene rings is 1. The Labute approximate surface area is 117 Å². The predicted molar refractivity (Wildman–Crippen MR) is 80.2 cm³/mol. The van der Waals surface area contributed by atoms with Gasteiger partial charge in [-0.2, -0.15) is 0 Å². The Morgan fingerprint density at radius 1 is 1.26 bits per heavy atom. The second-order valence-corrected chi connectivity index (χ2v) is 6.61. The third-order valence-corrected chi connectivity index (χ3v) is 4.65. The Morgan fingerprint density at radius 2 is 1.95 bits per heavy atom. The second-order valence-electron chi connectivity index (χ2n) is 6.61. The summed E-state index contributed by atoms with van der Waals surface area (Å²) < 4.78 is 0. The van der Waals surface area contributed by atoms with Crippen LogP contribution in [0.25, 0.3) is 0 Å². The van der Waals surface area contributed by atoms with Crippen LogP contribution in [0, 0.1) is 5.41 Å². The van der Waals surface area contributed by atoms with Crippen LogP contribution in [0.15, 0.2) is 30.3 Å². The first-order chi connectivity index (χ1) is 9.00. The van der Waals surface area contributed by atoms with Gasteiger partial charge in [0, 0.05) is 12.6 Å². The van der Waals surface area contributed by atoms with E-state index in [-0.39, 0.29) is 11.5 Å². The monoisotopic (exact) mass is 261 g/mol. The molecule has 0 aliphatic heterocycles. The second kappa shape index (κ2) is 6.06. The van der Waals surface area contributed by atoms with Gasteiger partial charge in [0.25, 0.3) is 0 Å². The van der Waals surface area contributed by atoms with E-state index in [1.165, 1.54) is 12.0 Å². The molecule has 1 fully saturated rings. The summed E-state index contributed by atoms with van der Waals surface area (Å²) in [4.78, 5) is 2.35. The highest BCUT2D eigenvalue weighted by molar-refractivity contribution is 5.14.